The van der Waals surface area contributed by atoms with Gasteiger partial charge in [-0.3, -0.25) is 0 Å². The molecule has 35 heavy (non-hydrogen) atoms. The molecule has 12 heteroatoms. The van der Waals surface area contributed by atoms with Crippen LogP contribution in [0.25, 0.3) is 22.4 Å². The van der Waals surface area contributed by atoms with E-state index in [2.05, 4.69) is 15.3 Å². The van der Waals surface area contributed by atoms with Crippen molar-refractivity contribution in [3.8, 4) is 17.2 Å². The van der Waals surface area contributed by atoms with Crippen LogP contribution >= 0.6 is 0 Å². The third-order valence-electron chi connectivity index (χ3n) is 4.52. The molecule has 0 aliphatic rings. The number of nitrogens with zero attached hydrogens (tertiary/aromatic N) is 2. The number of rotatable bonds is 6. The van der Waals surface area contributed by atoms with Crippen molar-refractivity contribution < 1.29 is 41.4 Å². The lowest BCUT2D eigenvalue weighted by atomic mass is 10.1. The van der Waals surface area contributed by atoms with Gasteiger partial charge in [-0.25, -0.2) is 19.6 Å². The number of benzene rings is 1. The molecule has 2 aromatic heterocycles. The van der Waals surface area contributed by atoms with Crippen molar-refractivity contribution >= 4 is 23.0 Å². The minimum absolute atomic E-state index is 0.0202. The molecular formula is C23H24F3N3O6. The number of carbonyl (C=O) groups excluding carboxylic acids is 2. The van der Waals surface area contributed by atoms with Gasteiger partial charge in [-0.05, 0) is 52.0 Å². The number of hydrogen-bond acceptors (Lipinski definition) is 8. The highest BCUT2D eigenvalue weighted by Gasteiger charge is 2.33. The normalized spacial score (nSPS) is 11.9. The average Bonchev–Trinajstić information content (AvgIpc) is 3.19. The van der Waals surface area contributed by atoms with E-state index in [1.165, 1.54) is 25.3 Å². The minimum Gasteiger partial charge on any atom is -0.494 e. The van der Waals surface area contributed by atoms with E-state index in [0.29, 0.717) is 0 Å². The summed E-state index contributed by atoms with van der Waals surface area (Å²) in [5.41, 5.74) is -1.84. The van der Waals surface area contributed by atoms with Crippen LogP contribution in [0.2, 0.25) is 0 Å². The van der Waals surface area contributed by atoms with Crippen molar-refractivity contribution in [2.24, 2.45) is 0 Å². The number of oxazole rings is 1. The summed E-state index contributed by atoms with van der Waals surface area (Å²) in [6, 6.07) is 4.97. The molecule has 0 aliphatic heterocycles. The van der Waals surface area contributed by atoms with Crippen LogP contribution in [0.15, 0.2) is 28.7 Å². The van der Waals surface area contributed by atoms with E-state index in [4.69, 9.17) is 18.6 Å². The molecule has 1 amide bonds. The number of alkyl halides is 3. The predicted molar refractivity (Wildman–Crippen MR) is 118 cm³/mol. The molecule has 3 aromatic rings. The fraction of sp³-hybridized carbons (Fsp3) is 0.391. The Labute approximate surface area is 198 Å². The lowest BCUT2D eigenvalue weighted by Crippen LogP contribution is -2.32. The number of fused-ring (bicyclic) bond motifs is 1. The number of esters is 1. The summed E-state index contributed by atoms with van der Waals surface area (Å²) in [4.78, 5) is 32.4. The maximum Gasteiger partial charge on any atom is 0.433 e. The fourth-order valence-corrected chi connectivity index (χ4v) is 3.11. The third kappa shape index (κ3) is 6.00. The molecule has 188 valence electrons. The first kappa shape index (κ1) is 25.8. The Balaban J connectivity index is 2.07. The summed E-state index contributed by atoms with van der Waals surface area (Å²) < 4.78 is 60.8. The smallest absolute Gasteiger partial charge is 0.433 e. The second-order valence-electron chi connectivity index (χ2n) is 8.27. The van der Waals surface area contributed by atoms with E-state index in [1.807, 2.05) is 0 Å². The zero-order valence-corrected chi connectivity index (χ0v) is 19.7. The molecule has 0 fully saturated rings. The number of carbonyl (C=O) groups is 2. The second kappa shape index (κ2) is 9.80. The molecule has 9 nitrogen and oxygen atoms in total. The summed E-state index contributed by atoms with van der Waals surface area (Å²) in [6.07, 6.45) is -5.40. The van der Waals surface area contributed by atoms with Gasteiger partial charge >= 0.3 is 18.2 Å². The molecule has 1 aromatic carbocycles. The molecule has 0 radical (unpaired) electrons. The quantitative estimate of drug-likeness (QED) is 0.469. The molecule has 0 bridgehead atoms. The first-order chi connectivity index (χ1) is 16.3. The van der Waals surface area contributed by atoms with Gasteiger partial charge in [0.25, 0.3) is 0 Å². The molecule has 0 atom stereocenters. The SMILES string of the molecule is CCOC(=O)c1nc(-c2ccc(OC)c3nc(C(F)(F)F)ccc23)oc1CNC(=O)OC(C)(C)C. The Hall–Kier alpha value is -3.83. The number of nitrogens with one attached hydrogen (secondary N) is 1. The zero-order valence-electron chi connectivity index (χ0n) is 19.7. The first-order valence-electron chi connectivity index (χ1n) is 10.5. The first-order valence-corrected chi connectivity index (χ1v) is 10.5. The molecule has 0 unspecified atom stereocenters. The standard InChI is InChI=1S/C23H24F3N3O6/c1-6-33-20(30)18-15(11-27-21(31)35-22(2,3)4)34-19(29-18)13-7-9-14(32-5)17-12(13)8-10-16(28-17)23(24,25)26/h7-10H,6,11H2,1-5H3,(H,27,31). The van der Waals surface area contributed by atoms with Crippen LogP contribution in [0.3, 0.4) is 0 Å². The number of ether oxygens (including phenoxy) is 3. The Morgan fingerprint density at radius 1 is 1.09 bits per heavy atom. The summed E-state index contributed by atoms with van der Waals surface area (Å²) in [5, 5.41) is 2.73. The molecule has 0 aliphatic carbocycles. The van der Waals surface area contributed by atoms with Crippen molar-refractivity contribution in [3.05, 3.63) is 41.4 Å². The second-order valence-corrected chi connectivity index (χ2v) is 8.27. The van der Waals surface area contributed by atoms with Gasteiger partial charge in [0.1, 0.15) is 22.6 Å². The maximum absolute atomic E-state index is 13.2. The van der Waals surface area contributed by atoms with E-state index in [-0.39, 0.29) is 52.7 Å². The third-order valence-corrected chi connectivity index (χ3v) is 4.52. The highest BCUT2D eigenvalue weighted by molar-refractivity contribution is 5.97. The molecule has 0 saturated carbocycles. The van der Waals surface area contributed by atoms with Gasteiger partial charge < -0.3 is 23.9 Å². The summed E-state index contributed by atoms with van der Waals surface area (Å²) >= 11 is 0. The summed E-state index contributed by atoms with van der Waals surface area (Å²) in [6.45, 7) is 6.50. The van der Waals surface area contributed by atoms with Gasteiger partial charge in [0.05, 0.1) is 20.3 Å². The van der Waals surface area contributed by atoms with Crippen molar-refractivity contribution in [2.75, 3.05) is 13.7 Å². The molecule has 3 rings (SSSR count). The Morgan fingerprint density at radius 3 is 2.40 bits per heavy atom. The van der Waals surface area contributed by atoms with Crippen LogP contribution in [-0.2, 0) is 22.2 Å². The highest BCUT2D eigenvalue weighted by atomic mass is 19.4. The van der Waals surface area contributed by atoms with E-state index in [9.17, 15) is 22.8 Å². The molecule has 0 spiro atoms. The lowest BCUT2D eigenvalue weighted by Gasteiger charge is -2.19. The zero-order chi connectivity index (χ0) is 26.0. The number of alkyl carbamates (subject to hydrolysis) is 1. The van der Waals surface area contributed by atoms with Crippen LogP contribution in [0.5, 0.6) is 5.75 Å². The number of methoxy groups -OCH3 is 1. The highest BCUT2D eigenvalue weighted by Crippen LogP contribution is 2.37. The minimum atomic E-state index is -4.66. The molecule has 2 heterocycles. The molecule has 1 N–H and O–H groups in total. The number of hydrogen-bond donors (Lipinski definition) is 1. The van der Waals surface area contributed by atoms with Gasteiger partial charge in [-0.1, -0.05) is 0 Å². The van der Waals surface area contributed by atoms with Crippen LogP contribution in [0.1, 0.15) is 49.6 Å². The Morgan fingerprint density at radius 2 is 1.80 bits per heavy atom. The summed E-state index contributed by atoms with van der Waals surface area (Å²) in [5.74, 6) is -0.783. The van der Waals surface area contributed by atoms with Gasteiger partial charge in [0.15, 0.2) is 11.5 Å². The maximum atomic E-state index is 13.2. The molecular weight excluding hydrogens is 471 g/mol. The number of pyridine rings is 1. The predicted octanol–water partition coefficient (Wildman–Crippen LogP) is 5.12. The van der Waals surface area contributed by atoms with Crippen LogP contribution in [-0.4, -0.2) is 41.3 Å². The van der Waals surface area contributed by atoms with Crippen LogP contribution < -0.4 is 10.1 Å². The Kier molecular flexibility index (Phi) is 7.22. The van der Waals surface area contributed by atoms with Crippen molar-refractivity contribution in [1.82, 2.24) is 15.3 Å². The van der Waals surface area contributed by atoms with Crippen molar-refractivity contribution in [1.29, 1.82) is 0 Å². The van der Waals surface area contributed by atoms with Crippen molar-refractivity contribution in [3.63, 3.8) is 0 Å². The van der Waals surface area contributed by atoms with Gasteiger partial charge in [0, 0.05) is 10.9 Å². The largest absolute Gasteiger partial charge is 0.494 e. The topological polar surface area (TPSA) is 113 Å². The van der Waals surface area contributed by atoms with Crippen molar-refractivity contribution in [2.45, 2.75) is 46.0 Å². The van der Waals surface area contributed by atoms with Crippen LogP contribution in [0.4, 0.5) is 18.0 Å². The number of aromatic nitrogens is 2. The van der Waals surface area contributed by atoms with E-state index >= 15 is 0 Å². The van der Waals surface area contributed by atoms with Gasteiger partial charge in [0.2, 0.25) is 5.89 Å². The Bertz CT molecular complexity index is 1250. The number of halogens is 3. The van der Waals surface area contributed by atoms with Gasteiger partial charge in [-0.2, -0.15) is 13.2 Å². The van der Waals surface area contributed by atoms with E-state index in [0.717, 1.165) is 6.07 Å². The molecule has 0 saturated heterocycles. The lowest BCUT2D eigenvalue weighted by molar-refractivity contribution is -0.140. The number of amides is 1. The van der Waals surface area contributed by atoms with E-state index in [1.54, 1.807) is 27.7 Å². The van der Waals surface area contributed by atoms with E-state index < -0.39 is 29.5 Å². The monoisotopic (exact) mass is 495 g/mol. The fourth-order valence-electron chi connectivity index (χ4n) is 3.11. The summed E-state index contributed by atoms with van der Waals surface area (Å²) in [7, 11) is 1.31. The van der Waals surface area contributed by atoms with Crippen LogP contribution in [0, 0.1) is 0 Å². The average molecular weight is 495 g/mol. The van der Waals surface area contributed by atoms with Gasteiger partial charge in [-0.15, -0.1) is 0 Å².